The molecular formula is C50H46Cl3F3N10O4S2. The zero-order valence-corrected chi connectivity index (χ0v) is 42.5. The lowest BCUT2D eigenvalue weighted by Crippen LogP contribution is -2.27. The van der Waals surface area contributed by atoms with Gasteiger partial charge in [-0.3, -0.25) is 5.41 Å². The van der Waals surface area contributed by atoms with Gasteiger partial charge in [0, 0.05) is 32.6 Å². The summed E-state index contributed by atoms with van der Waals surface area (Å²) < 4.78 is 90.0. The molecule has 374 valence electrons. The van der Waals surface area contributed by atoms with Crippen LogP contribution < -0.4 is 11.5 Å². The first-order valence-corrected chi connectivity index (χ1v) is 26.1. The minimum atomic E-state index is -4.60. The van der Waals surface area contributed by atoms with Gasteiger partial charge in [0.1, 0.15) is 0 Å². The maximum atomic E-state index is 13.0. The number of halogens is 6. The molecule has 72 heavy (non-hydrogen) atoms. The number of aliphatic imine (C=N–C) groups is 2. The highest BCUT2D eigenvalue weighted by molar-refractivity contribution is 8.13. The number of alkyl halides is 3. The molecule has 5 N–H and O–H groups in total. The molecule has 0 unspecified atom stereocenters. The van der Waals surface area contributed by atoms with E-state index < -0.39 is 35.7 Å². The van der Waals surface area contributed by atoms with Gasteiger partial charge >= 0.3 is 6.18 Å². The van der Waals surface area contributed by atoms with E-state index in [-0.39, 0.29) is 41.0 Å². The monoisotopic (exact) mass is 1080 g/mol. The average molecular weight is 1080 g/mol. The lowest BCUT2D eigenvalue weighted by atomic mass is 9.91. The minimum Gasteiger partial charge on any atom is -0.387 e. The fourth-order valence-electron chi connectivity index (χ4n) is 7.10. The number of hydrogen-bond acceptors (Lipinski definition) is 7. The van der Waals surface area contributed by atoms with Crippen LogP contribution in [-0.2, 0) is 25.3 Å². The van der Waals surface area contributed by atoms with Crippen molar-refractivity contribution in [2.75, 3.05) is 13.1 Å². The molecule has 0 bridgehead atoms. The summed E-state index contributed by atoms with van der Waals surface area (Å²) in [6.07, 6.45) is -4.60. The molecule has 0 amide bonds. The molecule has 0 radical (unpaired) electrons. The smallest absolute Gasteiger partial charge is 0.387 e. The Labute approximate surface area is 429 Å². The molecule has 0 saturated carbocycles. The maximum absolute atomic E-state index is 13.0. The number of guanidine groups is 2. The molecule has 0 fully saturated rings. The quantitative estimate of drug-likeness (QED) is 0.0793. The molecule has 2 atom stereocenters. The Balaban J connectivity index is 0.000000205. The Kier molecular flexibility index (Phi) is 17.8. The molecule has 8 rings (SSSR count). The number of hydrogen-bond donors (Lipinski definition) is 3. The van der Waals surface area contributed by atoms with Crippen molar-refractivity contribution in [2.45, 2.75) is 48.6 Å². The van der Waals surface area contributed by atoms with Crippen molar-refractivity contribution in [2.24, 2.45) is 36.1 Å². The molecule has 2 aliphatic rings. The summed E-state index contributed by atoms with van der Waals surface area (Å²) in [7, 11) is -2.91. The van der Waals surface area contributed by atoms with Gasteiger partial charge in [0.2, 0.25) is 5.96 Å². The van der Waals surface area contributed by atoms with E-state index in [9.17, 15) is 30.0 Å². The number of hydrazone groups is 2. The molecule has 0 aromatic heterocycles. The van der Waals surface area contributed by atoms with Gasteiger partial charge in [0.25, 0.3) is 25.0 Å². The van der Waals surface area contributed by atoms with Gasteiger partial charge in [0.05, 0.1) is 51.5 Å². The Morgan fingerprint density at radius 3 is 1.46 bits per heavy atom. The predicted octanol–water partition coefficient (Wildman–Crippen LogP) is 10.7. The normalized spacial score (nSPS) is 16.5. The topological polar surface area (TPSA) is 212 Å². The lowest BCUT2D eigenvalue weighted by molar-refractivity contribution is -0.137. The summed E-state index contributed by atoms with van der Waals surface area (Å²) in [5.74, 6) is -0.125. The molecule has 0 saturated heterocycles. The van der Waals surface area contributed by atoms with Crippen LogP contribution in [0.25, 0.3) is 0 Å². The fourth-order valence-corrected chi connectivity index (χ4v) is 9.06. The second-order valence-electron chi connectivity index (χ2n) is 16.0. The number of benzene rings is 6. The third-order valence-electron chi connectivity index (χ3n) is 10.5. The number of rotatable bonds is 7. The van der Waals surface area contributed by atoms with Gasteiger partial charge in [-0.25, -0.2) is 18.4 Å². The van der Waals surface area contributed by atoms with Crippen LogP contribution in [-0.4, -0.2) is 75.0 Å². The Morgan fingerprint density at radius 2 is 1.04 bits per heavy atom. The number of nitrogens with one attached hydrogen (secondary N) is 1. The molecule has 2 heterocycles. The zero-order chi connectivity index (χ0) is 52.4. The summed E-state index contributed by atoms with van der Waals surface area (Å²) in [5.41, 5.74) is 16.7. The maximum Gasteiger partial charge on any atom is 0.416 e. The van der Waals surface area contributed by atoms with Crippen molar-refractivity contribution in [3.63, 3.8) is 0 Å². The molecule has 22 heteroatoms. The molecule has 0 aliphatic carbocycles. The van der Waals surface area contributed by atoms with Crippen molar-refractivity contribution in [3.8, 4) is 0 Å². The highest BCUT2D eigenvalue weighted by Crippen LogP contribution is 2.33. The van der Waals surface area contributed by atoms with Crippen molar-refractivity contribution in [1.29, 1.82) is 5.41 Å². The van der Waals surface area contributed by atoms with E-state index in [0.29, 0.717) is 40.3 Å². The van der Waals surface area contributed by atoms with Crippen molar-refractivity contribution in [1.82, 2.24) is 10.0 Å². The van der Waals surface area contributed by atoms with Crippen LogP contribution >= 0.6 is 33.9 Å². The van der Waals surface area contributed by atoms with Crippen molar-refractivity contribution in [3.05, 3.63) is 201 Å². The summed E-state index contributed by atoms with van der Waals surface area (Å²) >= 11 is 12.0. The number of nitrogens with two attached hydrogens (primary N) is 2. The van der Waals surface area contributed by atoms with Crippen LogP contribution in [0.3, 0.4) is 0 Å². The van der Waals surface area contributed by atoms with Gasteiger partial charge < -0.3 is 11.5 Å². The van der Waals surface area contributed by atoms with E-state index in [4.69, 9.17) is 50.8 Å². The largest absolute Gasteiger partial charge is 0.416 e. The molecule has 14 nitrogen and oxygen atoms in total. The van der Waals surface area contributed by atoms with Crippen LogP contribution in [0.1, 0.15) is 59.1 Å². The first-order chi connectivity index (χ1) is 34.0. The lowest BCUT2D eigenvalue weighted by Gasteiger charge is -2.16. The van der Waals surface area contributed by atoms with E-state index in [0.717, 1.165) is 45.7 Å². The van der Waals surface area contributed by atoms with E-state index in [1.807, 2.05) is 79.7 Å². The molecule has 0 spiro atoms. The van der Waals surface area contributed by atoms with E-state index in [2.05, 4.69) is 36.7 Å². The van der Waals surface area contributed by atoms with Gasteiger partial charge in [-0.1, -0.05) is 126 Å². The Morgan fingerprint density at radius 1 is 0.625 bits per heavy atom. The number of aryl methyl sites for hydroxylation is 1. The van der Waals surface area contributed by atoms with Crippen LogP contribution in [0.5, 0.6) is 0 Å². The summed E-state index contributed by atoms with van der Waals surface area (Å²) in [5, 5.41) is 21.5. The Bertz CT molecular complexity index is 3250. The standard InChI is InChI=1S/C25H21ClF3N5O2S.C18H18ClN5.C7H7ClO2S/c1-16(30)31-24(33-37(35,36)21-13-9-19(10-14-21)25(27,28)29)34-15-22(17-5-3-2-4-6-17)23(32-34)18-7-11-20(26)12-8-18;1-12(20)22-18(21)24-11-16(13-5-3-2-4-6-13)17(23-24)14-7-9-15(19)10-8-14;1-6-2-4-7(5-3-6)11(8,9)10/h2-14,22H,15H2,1H3,(H2,30,31,33);2-10,16H,11H2,1H3,(H3,20,21,22);2-5H,1H3/t22-;16-;/m11./s1. The molecule has 6 aromatic carbocycles. The predicted molar refractivity (Wildman–Crippen MR) is 280 cm³/mol. The van der Waals surface area contributed by atoms with Crippen LogP contribution in [0.15, 0.2) is 192 Å². The molecular weight excluding hydrogens is 1030 g/mol. The van der Waals surface area contributed by atoms with Gasteiger partial charge in [-0.15, -0.1) is 4.40 Å². The summed E-state index contributed by atoms with van der Waals surface area (Å²) in [4.78, 5) is 7.80. The van der Waals surface area contributed by atoms with E-state index >= 15 is 0 Å². The highest BCUT2D eigenvalue weighted by atomic mass is 35.7. The first-order valence-electron chi connectivity index (χ1n) is 21.6. The number of sulfonamides is 1. The van der Waals surface area contributed by atoms with Gasteiger partial charge in [-0.05, 0) is 104 Å². The average Bonchev–Trinajstić information content (AvgIpc) is 3.99. The van der Waals surface area contributed by atoms with Crippen LogP contribution in [0, 0.1) is 12.3 Å². The number of amidine groups is 2. The number of nitrogens with zero attached hydrogens (tertiary/aromatic N) is 7. The SMILES string of the molecule is CC(N)=NC(=N)N1C[C@H](c2ccccc2)C(c2ccc(Cl)cc2)=N1.CC(N)=NC(=NS(=O)(=O)c1ccc(C(F)(F)F)cc1)N1C[C@H](c2ccccc2)C(c2ccc(Cl)cc2)=N1.Cc1ccc(S(=O)(=O)Cl)cc1. The minimum absolute atomic E-state index is 0.0211. The third-order valence-corrected chi connectivity index (χ3v) is 13.7. The molecule has 6 aromatic rings. The summed E-state index contributed by atoms with van der Waals surface area (Å²) in [6, 6.07) is 43.7. The summed E-state index contributed by atoms with van der Waals surface area (Å²) in [6.45, 7) is 5.74. The fraction of sp³-hybridized carbons (Fsp3) is 0.160. The second-order valence-corrected chi connectivity index (χ2v) is 21.1. The first kappa shape index (κ1) is 54.4. The van der Waals surface area contributed by atoms with Gasteiger partial charge in [0.15, 0.2) is 0 Å². The van der Waals surface area contributed by atoms with E-state index in [1.165, 1.54) is 24.1 Å². The van der Waals surface area contributed by atoms with Crippen molar-refractivity contribution < 1.29 is 30.0 Å². The Hall–Kier alpha value is -6.90. The van der Waals surface area contributed by atoms with Crippen LogP contribution in [0.2, 0.25) is 10.0 Å². The van der Waals surface area contributed by atoms with Crippen molar-refractivity contribution >= 4 is 88.0 Å². The third kappa shape index (κ3) is 14.8. The highest BCUT2D eigenvalue weighted by Gasteiger charge is 2.34. The second kappa shape index (κ2) is 23.6. The van der Waals surface area contributed by atoms with Crippen LogP contribution in [0.4, 0.5) is 13.2 Å². The van der Waals surface area contributed by atoms with Gasteiger partial charge in [-0.2, -0.15) is 41.8 Å². The zero-order valence-electron chi connectivity index (χ0n) is 38.6. The van der Waals surface area contributed by atoms with E-state index in [1.54, 1.807) is 48.3 Å². The molecule has 2 aliphatic heterocycles.